The van der Waals surface area contributed by atoms with Crippen molar-refractivity contribution < 1.29 is 4.74 Å². The lowest BCUT2D eigenvalue weighted by Crippen LogP contribution is -2.21. The van der Waals surface area contributed by atoms with Gasteiger partial charge in [-0.1, -0.05) is 30.3 Å². The van der Waals surface area contributed by atoms with Gasteiger partial charge in [0.15, 0.2) is 0 Å². The summed E-state index contributed by atoms with van der Waals surface area (Å²) in [6.07, 6.45) is 4.40. The van der Waals surface area contributed by atoms with Gasteiger partial charge in [-0.15, -0.1) is 11.3 Å². The number of benzene rings is 2. The summed E-state index contributed by atoms with van der Waals surface area (Å²) in [5.74, 6) is 1.36. The first kappa shape index (κ1) is 18.9. The van der Waals surface area contributed by atoms with E-state index in [0.29, 0.717) is 12.6 Å². The van der Waals surface area contributed by atoms with E-state index in [0.717, 1.165) is 46.5 Å². The van der Waals surface area contributed by atoms with Gasteiger partial charge in [-0.3, -0.25) is 9.36 Å². The summed E-state index contributed by atoms with van der Waals surface area (Å²) in [6.45, 7) is 0.531. The molecule has 1 aliphatic carbocycles. The van der Waals surface area contributed by atoms with Crippen molar-refractivity contribution in [3.05, 3.63) is 81.0 Å². The van der Waals surface area contributed by atoms with Crippen LogP contribution in [-0.4, -0.2) is 9.55 Å². The van der Waals surface area contributed by atoms with Crippen LogP contribution in [0.15, 0.2) is 59.4 Å². The number of aromatic nitrogens is 2. The highest BCUT2D eigenvalue weighted by Gasteiger charge is 2.21. The minimum atomic E-state index is 0.0321. The molecule has 5 nitrogen and oxygen atoms in total. The SMILES string of the molecule is Cn1c(Nc2ccc(OCc3ccccc3)cc2)nc2sc3c(c2c1=O)CCCC3. The summed E-state index contributed by atoms with van der Waals surface area (Å²) in [6, 6.07) is 17.8. The molecule has 2 heterocycles. The Morgan fingerprint density at radius 2 is 1.83 bits per heavy atom. The molecule has 1 N–H and O–H groups in total. The van der Waals surface area contributed by atoms with Crippen LogP contribution < -0.4 is 15.6 Å². The molecule has 0 unspecified atom stereocenters. The number of rotatable bonds is 5. The zero-order valence-corrected chi connectivity index (χ0v) is 17.7. The van der Waals surface area contributed by atoms with E-state index in [2.05, 4.69) is 5.32 Å². The van der Waals surface area contributed by atoms with Crippen molar-refractivity contribution in [1.29, 1.82) is 0 Å². The van der Waals surface area contributed by atoms with Crippen molar-refractivity contribution in [2.45, 2.75) is 32.3 Å². The van der Waals surface area contributed by atoms with Crippen molar-refractivity contribution >= 4 is 33.2 Å². The number of nitrogens with zero attached hydrogens (tertiary/aromatic N) is 2. The predicted octanol–water partition coefficient (Wildman–Crippen LogP) is 5.20. The van der Waals surface area contributed by atoms with Gasteiger partial charge in [-0.25, -0.2) is 4.98 Å². The van der Waals surface area contributed by atoms with Gasteiger partial charge in [-0.2, -0.15) is 0 Å². The summed E-state index contributed by atoms with van der Waals surface area (Å²) >= 11 is 1.67. The highest BCUT2D eigenvalue weighted by atomic mass is 32.1. The molecule has 0 radical (unpaired) electrons. The van der Waals surface area contributed by atoms with Crippen molar-refractivity contribution in [2.75, 3.05) is 5.32 Å². The van der Waals surface area contributed by atoms with E-state index >= 15 is 0 Å². The molecular formula is C24H23N3O2S. The second-order valence-electron chi connectivity index (χ2n) is 7.61. The predicted molar refractivity (Wildman–Crippen MR) is 122 cm³/mol. The fraction of sp³-hybridized carbons (Fsp3) is 0.250. The molecule has 2 aromatic carbocycles. The molecule has 30 heavy (non-hydrogen) atoms. The molecule has 1 aliphatic rings. The van der Waals surface area contributed by atoms with Crippen molar-refractivity contribution in [1.82, 2.24) is 9.55 Å². The fourth-order valence-corrected chi connectivity index (χ4v) is 5.15. The lowest BCUT2D eigenvalue weighted by molar-refractivity contribution is 0.306. The number of anilines is 2. The fourth-order valence-electron chi connectivity index (χ4n) is 3.90. The Bertz CT molecular complexity index is 1240. The van der Waals surface area contributed by atoms with E-state index in [1.807, 2.05) is 54.6 Å². The second kappa shape index (κ2) is 7.95. The van der Waals surface area contributed by atoms with Gasteiger partial charge < -0.3 is 10.1 Å². The summed E-state index contributed by atoms with van der Waals surface area (Å²) in [5, 5.41) is 4.10. The zero-order chi connectivity index (χ0) is 20.5. The molecular weight excluding hydrogens is 394 g/mol. The Balaban J connectivity index is 1.36. The van der Waals surface area contributed by atoms with Crippen LogP contribution in [0.2, 0.25) is 0 Å². The third-order valence-corrected chi connectivity index (χ3v) is 6.74. The Morgan fingerprint density at radius 1 is 1.07 bits per heavy atom. The van der Waals surface area contributed by atoms with Crippen LogP contribution in [0, 0.1) is 0 Å². The van der Waals surface area contributed by atoms with Gasteiger partial charge >= 0.3 is 0 Å². The molecule has 5 rings (SSSR count). The molecule has 152 valence electrons. The van der Waals surface area contributed by atoms with Crippen molar-refractivity contribution in [3.63, 3.8) is 0 Å². The first-order valence-electron chi connectivity index (χ1n) is 10.2. The van der Waals surface area contributed by atoms with Crippen LogP contribution in [0.25, 0.3) is 10.2 Å². The lowest BCUT2D eigenvalue weighted by Gasteiger charge is -2.12. The molecule has 2 aromatic heterocycles. The second-order valence-corrected chi connectivity index (χ2v) is 8.70. The van der Waals surface area contributed by atoms with Crippen molar-refractivity contribution in [3.8, 4) is 5.75 Å². The Hall–Kier alpha value is -3.12. The minimum Gasteiger partial charge on any atom is -0.489 e. The smallest absolute Gasteiger partial charge is 0.263 e. The molecule has 0 aliphatic heterocycles. The van der Waals surface area contributed by atoms with Crippen LogP contribution in [0.3, 0.4) is 0 Å². The van der Waals surface area contributed by atoms with E-state index in [1.54, 1.807) is 23.0 Å². The summed E-state index contributed by atoms with van der Waals surface area (Å²) < 4.78 is 7.46. The summed E-state index contributed by atoms with van der Waals surface area (Å²) in [5.41, 5.74) is 3.25. The highest BCUT2D eigenvalue weighted by molar-refractivity contribution is 7.18. The third kappa shape index (κ3) is 3.59. The van der Waals surface area contributed by atoms with Gasteiger partial charge in [0.25, 0.3) is 5.56 Å². The number of hydrogen-bond donors (Lipinski definition) is 1. The number of ether oxygens (including phenoxy) is 1. The maximum atomic E-state index is 13.0. The van der Waals surface area contributed by atoms with Gasteiger partial charge in [-0.05, 0) is 61.1 Å². The first-order chi connectivity index (χ1) is 14.7. The number of fused-ring (bicyclic) bond motifs is 3. The Morgan fingerprint density at radius 3 is 2.63 bits per heavy atom. The van der Waals surface area contributed by atoms with Gasteiger partial charge in [0.2, 0.25) is 5.95 Å². The molecule has 0 spiro atoms. The molecule has 6 heteroatoms. The maximum Gasteiger partial charge on any atom is 0.263 e. The first-order valence-corrected chi connectivity index (χ1v) is 11.1. The highest BCUT2D eigenvalue weighted by Crippen LogP contribution is 2.34. The molecule has 0 amide bonds. The van der Waals surface area contributed by atoms with E-state index in [1.165, 1.54) is 16.9 Å². The van der Waals surface area contributed by atoms with Gasteiger partial charge in [0, 0.05) is 17.6 Å². The molecule has 0 fully saturated rings. The van der Waals surface area contributed by atoms with E-state index in [4.69, 9.17) is 9.72 Å². The zero-order valence-electron chi connectivity index (χ0n) is 16.9. The van der Waals surface area contributed by atoms with Crippen LogP contribution in [0.1, 0.15) is 28.8 Å². The van der Waals surface area contributed by atoms with Gasteiger partial charge in [0.1, 0.15) is 17.2 Å². The summed E-state index contributed by atoms with van der Waals surface area (Å²) in [4.78, 5) is 20.0. The maximum absolute atomic E-state index is 13.0. The van der Waals surface area contributed by atoms with Crippen LogP contribution in [-0.2, 0) is 26.5 Å². The number of nitrogens with one attached hydrogen (secondary N) is 1. The van der Waals surface area contributed by atoms with Crippen LogP contribution in [0.4, 0.5) is 11.6 Å². The normalized spacial score (nSPS) is 13.2. The molecule has 0 saturated heterocycles. The van der Waals surface area contributed by atoms with E-state index in [9.17, 15) is 4.79 Å². The minimum absolute atomic E-state index is 0.0321. The number of thiophene rings is 1. The molecule has 0 atom stereocenters. The van der Waals surface area contributed by atoms with Crippen LogP contribution in [0.5, 0.6) is 5.75 Å². The summed E-state index contributed by atoms with van der Waals surface area (Å²) in [7, 11) is 1.78. The van der Waals surface area contributed by atoms with Crippen LogP contribution >= 0.6 is 11.3 Å². The largest absolute Gasteiger partial charge is 0.489 e. The quantitative estimate of drug-likeness (QED) is 0.485. The number of hydrogen-bond acceptors (Lipinski definition) is 5. The molecule has 0 bridgehead atoms. The van der Waals surface area contributed by atoms with E-state index in [-0.39, 0.29) is 5.56 Å². The standard InChI is InChI=1S/C24H23N3O2S/c1-27-23(28)21-19-9-5-6-10-20(19)30-22(21)26-24(27)25-17-11-13-18(14-12-17)29-15-16-7-3-2-4-8-16/h2-4,7-8,11-14H,5-6,9-10,15H2,1H3,(H,25,26). The average molecular weight is 418 g/mol. The Labute approximate surface area is 179 Å². The lowest BCUT2D eigenvalue weighted by atomic mass is 9.97. The molecule has 0 saturated carbocycles. The number of aryl methyl sites for hydroxylation is 2. The van der Waals surface area contributed by atoms with E-state index < -0.39 is 0 Å². The monoisotopic (exact) mass is 417 g/mol. The van der Waals surface area contributed by atoms with Crippen molar-refractivity contribution in [2.24, 2.45) is 7.05 Å². The Kier molecular flexibility index (Phi) is 5.01. The topological polar surface area (TPSA) is 56.1 Å². The average Bonchev–Trinajstić information content (AvgIpc) is 3.16. The third-order valence-electron chi connectivity index (χ3n) is 5.56. The van der Waals surface area contributed by atoms with Gasteiger partial charge in [0.05, 0.1) is 5.39 Å². The molecule has 4 aromatic rings.